The summed E-state index contributed by atoms with van der Waals surface area (Å²) in [6.45, 7) is 6.30. The zero-order valence-electron chi connectivity index (χ0n) is 32.8. The van der Waals surface area contributed by atoms with Crippen molar-refractivity contribution in [2.24, 2.45) is 11.8 Å². The van der Waals surface area contributed by atoms with E-state index < -0.39 is 59.6 Å². The second-order valence-electron chi connectivity index (χ2n) is 14.9. The van der Waals surface area contributed by atoms with Crippen LogP contribution in [0.5, 0.6) is 0 Å². The summed E-state index contributed by atoms with van der Waals surface area (Å²) in [7, 11) is -9.64. The van der Waals surface area contributed by atoms with E-state index in [-0.39, 0.29) is 19.4 Å². The minimum Gasteiger partial charge on any atom is -0.462 e. The first-order valence-electron chi connectivity index (χ1n) is 19.9. The fourth-order valence-corrected chi connectivity index (χ4v) is 6.70. The van der Waals surface area contributed by atoms with Crippen molar-refractivity contribution in [1.29, 1.82) is 0 Å². The third kappa shape index (κ3) is 37.4. The summed E-state index contributed by atoms with van der Waals surface area (Å²) >= 11 is 0. The number of phosphoric acid groups is 2. The number of aliphatic hydroxyl groups excluding tert-OH is 1. The molecule has 1 unspecified atom stereocenters. The number of carbonyl (C=O) groups excluding carboxylic acids is 2. The summed E-state index contributed by atoms with van der Waals surface area (Å²) in [5.41, 5.74) is 0. The first-order valence-corrected chi connectivity index (χ1v) is 23.0. The van der Waals surface area contributed by atoms with E-state index in [4.69, 9.17) is 23.8 Å². The van der Waals surface area contributed by atoms with Crippen molar-refractivity contribution in [3.05, 3.63) is 0 Å². The van der Waals surface area contributed by atoms with Crippen molar-refractivity contribution in [3.63, 3.8) is 0 Å². The molecule has 0 aliphatic rings. The number of rotatable bonds is 37. The van der Waals surface area contributed by atoms with Crippen molar-refractivity contribution < 1.29 is 61.6 Å². The van der Waals surface area contributed by atoms with Crippen LogP contribution in [0.1, 0.15) is 175 Å². The van der Waals surface area contributed by atoms with Crippen molar-refractivity contribution in [3.8, 4) is 0 Å². The average molecular weight is 789 g/mol. The molecule has 4 N–H and O–H groups in total. The lowest BCUT2D eigenvalue weighted by atomic mass is 10.0. The van der Waals surface area contributed by atoms with Gasteiger partial charge in [0.15, 0.2) is 6.10 Å². The Hall–Kier alpha value is -0.880. The third-order valence-electron chi connectivity index (χ3n) is 8.59. The van der Waals surface area contributed by atoms with Crippen LogP contribution in [0.25, 0.3) is 0 Å². The molecule has 0 rings (SSSR count). The molecule has 0 aliphatic heterocycles. The van der Waals surface area contributed by atoms with Gasteiger partial charge in [-0.15, -0.1) is 0 Å². The van der Waals surface area contributed by atoms with E-state index in [1.54, 1.807) is 0 Å². The van der Waals surface area contributed by atoms with Crippen LogP contribution < -0.4 is 0 Å². The van der Waals surface area contributed by atoms with Crippen LogP contribution in [0, 0.1) is 11.8 Å². The Labute approximate surface area is 314 Å². The zero-order valence-corrected chi connectivity index (χ0v) is 34.5. The Balaban J connectivity index is 4.50. The average Bonchev–Trinajstić information content (AvgIpc) is 3.06. The Bertz CT molecular complexity index is 973. The van der Waals surface area contributed by atoms with Crippen LogP contribution in [0.3, 0.4) is 0 Å². The van der Waals surface area contributed by atoms with Gasteiger partial charge < -0.3 is 29.3 Å². The maximum absolute atomic E-state index is 12.6. The molecule has 0 spiro atoms. The Morgan fingerprint density at radius 2 is 0.865 bits per heavy atom. The molecule has 52 heavy (non-hydrogen) atoms. The van der Waals surface area contributed by atoms with Crippen LogP contribution in [0.4, 0.5) is 0 Å². The highest BCUT2D eigenvalue weighted by molar-refractivity contribution is 7.47. The van der Waals surface area contributed by atoms with Gasteiger partial charge in [-0.05, 0) is 24.7 Å². The lowest BCUT2D eigenvalue weighted by Gasteiger charge is -2.20. The molecule has 15 heteroatoms. The number of ether oxygens (including phenoxy) is 2. The SMILES string of the molecule is CC(C)CCCCCCCCCCCCCCCC(=O)O[C@H](COC(=O)CCCCCCCCC(C)C)COP(=O)(O)OC[C@@H](O)COP(=O)(O)O. The van der Waals surface area contributed by atoms with Crippen molar-refractivity contribution in [2.75, 3.05) is 26.4 Å². The smallest absolute Gasteiger partial charge is 0.462 e. The van der Waals surface area contributed by atoms with Gasteiger partial charge in [0.05, 0.1) is 19.8 Å². The van der Waals surface area contributed by atoms with Gasteiger partial charge in [-0.3, -0.25) is 23.2 Å². The fourth-order valence-electron chi connectivity index (χ4n) is 5.54. The summed E-state index contributed by atoms with van der Waals surface area (Å²) in [6.07, 6.45) is 21.4. The number of phosphoric ester groups is 2. The summed E-state index contributed by atoms with van der Waals surface area (Å²) in [6, 6.07) is 0. The van der Waals surface area contributed by atoms with Gasteiger partial charge in [0, 0.05) is 12.8 Å². The number of esters is 2. The van der Waals surface area contributed by atoms with Gasteiger partial charge >= 0.3 is 27.6 Å². The first-order chi connectivity index (χ1) is 24.6. The van der Waals surface area contributed by atoms with Crippen molar-refractivity contribution in [2.45, 2.75) is 188 Å². The standard InChI is InChI=1S/C37H74O13P2/c1-32(2)24-20-16-12-10-8-6-5-7-9-11-13-19-23-27-37(40)50-35(30-46-36(39)26-22-18-15-14-17-21-25-33(3)4)31-49-52(44,45)48-29-34(38)28-47-51(41,42)43/h32-35,38H,5-31H2,1-4H3,(H,44,45)(H2,41,42,43)/t34-,35+/m0/s1. The highest BCUT2D eigenvalue weighted by atomic mass is 31.2. The third-order valence-corrected chi connectivity index (χ3v) is 10.0. The summed E-state index contributed by atoms with van der Waals surface area (Å²) in [5, 5.41) is 9.71. The van der Waals surface area contributed by atoms with E-state index in [1.165, 1.54) is 83.5 Å². The van der Waals surface area contributed by atoms with Gasteiger partial charge in [0.1, 0.15) is 12.7 Å². The zero-order chi connectivity index (χ0) is 39.1. The Morgan fingerprint density at radius 3 is 1.29 bits per heavy atom. The predicted octanol–water partition coefficient (Wildman–Crippen LogP) is 9.33. The van der Waals surface area contributed by atoms with Gasteiger partial charge in [0.2, 0.25) is 0 Å². The topological polar surface area (TPSA) is 195 Å². The van der Waals surface area contributed by atoms with Crippen LogP contribution in [-0.4, -0.2) is 70.4 Å². The van der Waals surface area contributed by atoms with Crippen molar-refractivity contribution >= 4 is 27.6 Å². The fraction of sp³-hybridized carbons (Fsp3) is 0.946. The van der Waals surface area contributed by atoms with E-state index in [0.717, 1.165) is 44.4 Å². The highest BCUT2D eigenvalue weighted by Gasteiger charge is 2.28. The molecule has 0 aromatic rings. The van der Waals surface area contributed by atoms with E-state index in [0.29, 0.717) is 18.8 Å². The summed E-state index contributed by atoms with van der Waals surface area (Å²) in [4.78, 5) is 52.4. The molecule has 0 saturated carbocycles. The summed E-state index contributed by atoms with van der Waals surface area (Å²) < 4.78 is 47.6. The van der Waals surface area contributed by atoms with Gasteiger partial charge in [-0.2, -0.15) is 0 Å². The minimum absolute atomic E-state index is 0.137. The predicted molar refractivity (Wildman–Crippen MR) is 202 cm³/mol. The number of hydrogen-bond donors (Lipinski definition) is 4. The Morgan fingerprint density at radius 1 is 0.500 bits per heavy atom. The molecular formula is C37H74O13P2. The molecule has 0 radical (unpaired) electrons. The maximum atomic E-state index is 12.6. The molecular weight excluding hydrogens is 714 g/mol. The monoisotopic (exact) mass is 788 g/mol. The van der Waals surface area contributed by atoms with E-state index in [1.807, 2.05) is 0 Å². The second-order valence-corrected chi connectivity index (χ2v) is 17.6. The van der Waals surface area contributed by atoms with Crippen molar-refractivity contribution in [1.82, 2.24) is 0 Å². The molecule has 0 aromatic heterocycles. The first kappa shape index (κ1) is 51.1. The Kier molecular flexibility index (Phi) is 31.8. The molecule has 0 amide bonds. The van der Waals surface area contributed by atoms with E-state index in [2.05, 4.69) is 36.7 Å². The van der Waals surface area contributed by atoms with Gasteiger partial charge in [-0.25, -0.2) is 9.13 Å². The molecule has 310 valence electrons. The lowest BCUT2D eigenvalue weighted by molar-refractivity contribution is -0.161. The lowest BCUT2D eigenvalue weighted by Crippen LogP contribution is -2.30. The second kappa shape index (κ2) is 32.4. The molecule has 0 saturated heterocycles. The number of aliphatic hydroxyl groups is 1. The number of hydrogen-bond acceptors (Lipinski definition) is 10. The molecule has 13 nitrogen and oxygen atoms in total. The minimum atomic E-state index is -4.85. The van der Waals surface area contributed by atoms with Crippen LogP contribution in [-0.2, 0) is 41.8 Å². The number of unbranched alkanes of at least 4 members (excludes halogenated alkanes) is 17. The normalized spacial score (nSPS) is 14.4. The van der Waals surface area contributed by atoms with Crippen LogP contribution >= 0.6 is 15.6 Å². The molecule has 0 heterocycles. The molecule has 3 atom stereocenters. The number of carbonyl (C=O) groups is 2. The molecule has 0 fully saturated rings. The van der Waals surface area contributed by atoms with E-state index in [9.17, 15) is 28.7 Å². The molecule has 0 aliphatic carbocycles. The highest BCUT2D eigenvalue weighted by Crippen LogP contribution is 2.43. The van der Waals surface area contributed by atoms with Crippen LogP contribution in [0.15, 0.2) is 0 Å². The maximum Gasteiger partial charge on any atom is 0.472 e. The molecule has 0 aromatic carbocycles. The summed E-state index contributed by atoms with van der Waals surface area (Å²) in [5.74, 6) is 0.477. The molecule has 0 bridgehead atoms. The van der Waals surface area contributed by atoms with Gasteiger partial charge in [-0.1, -0.05) is 150 Å². The largest absolute Gasteiger partial charge is 0.472 e. The van der Waals surface area contributed by atoms with Gasteiger partial charge in [0.25, 0.3) is 0 Å². The van der Waals surface area contributed by atoms with Crippen LogP contribution in [0.2, 0.25) is 0 Å². The quantitative estimate of drug-likeness (QED) is 0.0264. The van der Waals surface area contributed by atoms with E-state index >= 15 is 0 Å².